The zero-order chi connectivity index (χ0) is 24.2. The Morgan fingerprint density at radius 2 is 2.06 bits per heavy atom. The van der Waals surface area contributed by atoms with Gasteiger partial charge in [-0.15, -0.1) is 11.3 Å². The van der Waals surface area contributed by atoms with Gasteiger partial charge < -0.3 is 10.2 Å². The molecule has 4 aliphatic rings. The molecule has 7 rings (SSSR count). The SMILES string of the molecule is O=C1Cc2ccc(Nc3ncnc4sc5c(c34)CCC(C(=O)N3CCN4CCCCC4C3)C5)cc2S1. The average Bonchev–Trinajstić information content (AvgIpc) is 3.47. The molecular formula is C27H29N5O2S2. The largest absolute Gasteiger partial charge is 0.340 e. The summed E-state index contributed by atoms with van der Waals surface area (Å²) in [6.07, 6.45) is 8.50. The van der Waals surface area contributed by atoms with Crippen molar-refractivity contribution in [3.63, 3.8) is 0 Å². The van der Waals surface area contributed by atoms with Gasteiger partial charge in [0.05, 0.1) is 5.39 Å². The lowest BCUT2D eigenvalue weighted by molar-refractivity contribution is -0.139. The van der Waals surface area contributed by atoms with Crippen molar-refractivity contribution < 1.29 is 9.59 Å². The number of fused-ring (bicyclic) bond motifs is 5. The Hall–Kier alpha value is -2.49. The topological polar surface area (TPSA) is 78.4 Å². The first-order valence-electron chi connectivity index (χ1n) is 13.0. The summed E-state index contributed by atoms with van der Waals surface area (Å²) in [5.41, 5.74) is 3.32. The first-order valence-corrected chi connectivity index (χ1v) is 14.6. The zero-order valence-corrected chi connectivity index (χ0v) is 21.8. The highest BCUT2D eigenvalue weighted by atomic mass is 32.2. The van der Waals surface area contributed by atoms with Crippen molar-refractivity contribution in [2.75, 3.05) is 31.5 Å². The molecule has 3 aliphatic heterocycles. The number of piperazine rings is 1. The van der Waals surface area contributed by atoms with E-state index in [1.807, 2.05) is 18.2 Å². The van der Waals surface area contributed by atoms with E-state index in [1.165, 1.54) is 48.0 Å². The Kier molecular flexibility index (Phi) is 5.74. The Balaban J connectivity index is 1.11. The van der Waals surface area contributed by atoms with Gasteiger partial charge in [0.15, 0.2) is 5.12 Å². The number of hydrogen-bond donors (Lipinski definition) is 1. The maximum absolute atomic E-state index is 13.5. The summed E-state index contributed by atoms with van der Waals surface area (Å²) < 4.78 is 0. The number of benzene rings is 1. The smallest absolute Gasteiger partial charge is 0.226 e. The van der Waals surface area contributed by atoms with Crippen molar-refractivity contribution in [1.82, 2.24) is 19.8 Å². The predicted molar refractivity (Wildman–Crippen MR) is 143 cm³/mol. The van der Waals surface area contributed by atoms with Crippen LogP contribution in [0, 0.1) is 5.92 Å². The summed E-state index contributed by atoms with van der Waals surface area (Å²) in [5, 5.41) is 4.77. The van der Waals surface area contributed by atoms with E-state index < -0.39 is 0 Å². The van der Waals surface area contributed by atoms with Gasteiger partial charge in [0.1, 0.15) is 17.0 Å². The number of piperidine rings is 1. The number of anilines is 2. The molecule has 1 aromatic carbocycles. The number of aryl methyl sites for hydroxylation is 1. The Morgan fingerprint density at radius 3 is 3.00 bits per heavy atom. The monoisotopic (exact) mass is 519 g/mol. The summed E-state index contributed by atoms with van der Waals surface area (Å²) in [5.74, 6) is 1.22. The third kappa shape index (κ3) is 4.01. The average molecular weight is 520 g/mol. The highest BCUT2D eigenvalue weighted by molar-refractivity contribution is 8.14. The van der Waals surface area contributed by atoms with Crippen LogP contribution in [-0.4, -0.2) is 63.0 Å². The fraction of sp³-hybridized carbons (Fsp3) is 0.481. The molecule has 36 heavy (non-hydrogen) atoms. The molecule has 5 heterocycles. The second-order valence-electron chi connectivity index (χ2n) is 10.4. The lowest BCUT2D eigenvalue weighted by Crippen LogP contribution is -2.57. The molecule has 2 fully saturated rings. The third-order valence-corrected chi connectivity index (χ3v) is 10.4. The van der Waals surface area contributed by atoms with Gasteiger partial charge in [-0.3, -0.25) is 14.5 Å². The van der Waals surface area contributed by atoms with Crippen LogP contribution in [0.2, 0.25) is 0 Å². The van der Waals surface area contributed by atoms with E-state index >= 15 is 0 Å². The maximum atomic E-state index is 13.5. The third-order valence-electron chi connectivity index (χ3n) is 8.23. The molecule has 9 heteroatoms. The molecule has 1 aliphatic carbocycles. The number of nitrogens with one attached hydrogen (secondary N) is 1. The Bertz CT molecular complexity index is 1370. The van der Waals surface area contributed by atoms with E-state index in [1.54, 1.807) is 17.7 Å². The van der Waals surface area contributed by atoms with Crippen LogP contribution in [0.4, 0.5) is 11.5 Å². The van der Waals surface area contributed by atoms with Crippen LogP contribution in [0.5, 0.6) is 0 Å². The van der Waals surface area contributed by atoms with Crippen LogP contribution in [-0.2, 0) is 28.9 Å². The van der Waals surface area contributed by atoms with Crippen molar-refractivity contribution in [2.45, 2.75) is 55.9 Å². The standard InChI is InChI=1S/C27H29N5O2S2/c33-23-12-16-4-6-18(13-21(16)35-23)30-25-24-20-7-5-17(11-22(20)36-26(24)29-15-28-25)27(34)32-10-9-31-8-2-1-3-19(31)14-32/h4,6,13,15,17,19H,1-3,5,7-12,14H2,(H,28,29,30). The lowest BCUT2D eigenvalue weighted by Gasteiger charge is -2.45. The molecule has 2 saturated heterocycles. The molecule has 0 spiro atoms. The second kappa shape index (κ2) is 9.11. The van der Waals surface area contributed by atoms with Crippen molar-refractivity contribution in [3.05, 3.63) is 40.5 Å². The molecular weight excluding hydrogens is 490 g/mol. The number of nitrogens with zero attached hydrogens (tertiary/aromatic N) is 4. The fourth-order valence-electron chi connectivity index (χ4n) is 6.35. The number of hydrogen-bond acceptors (Lipinski definition) is 8. The molecule has 2 aromatic heterocycles. The number of carbonyl (C=O) groups is 2. The van der Waals surface area contributed by atoms with Crippen LogP contribution < -0.4 is 5.32 Å². The zero-order valence-electron chi connectivity index (χ0n) is 20.2. The van der Waals surface area contributed by atoms with Crippen molar-refractivity contribution >= 4 is 55.8 Å². The number of thioether (sulfide) groups is 1. The Labute approximate surface area is 218 Å². The summed E-state index contributed by atoms with van der Waals surface area (Å²) in [6, 6.07) is 6.64. The fourth-order valence-corrected chi connectivity index (χ4v) is 8.55. The van der Waals surface area contributed by atoms with Crippen LogP contribution in [0.15, 0.2) is 29.4 Å². The first kappa shape index (κ1) is 22.7. The first-order chi connectivity index (χ1) is 17.6. The predicted octanol–water partition coefficient (Wildman–Crippen LogP) is 4.41. The molecule has 0 radical (unpaired) electrons. The van der Waals surface area contributed by atoms with Gasteiger partial charge in [-0.05, 0) is 61.9 Å². The van der Waals surface area contributed by atoms with Crippen LogP contribution in [0.3, 0.4) is 0 Å². The summed E-state index contributed by atoms with van der Waals surface area (Å²) in [7, 11) is 0. The van der Waals surface area contributed by atoms with E-state index in [9.17, 15) is 9.59 Å². The number of carbonyl (C=O) groups excluding carboxylic acids is 2. The normalized spacial score (nSPS) is 23.9. The highest BCUT2D eigenvalue weighted by Gasteiger charge is 2.36. The van der Waals surface area contributed by atoms with Gasteiger partial charge >= 0.3 is 0 Å². The van der Waals surface area contributed by atoms with E-state index in [0.29, 0.717) is 18.4 Å². The van der Waals surface area contributed by atoms with Gasteiger partial charge in [0, 0.05) is 53.5 Å². The highest BCUT2D eigenvalue weighted by Crippen LogP contribution is 2.42. The number of rotatable bonds is 3. The van der Waals surface area contributed by atoms with E-state index in [4.69, 9.17) is 0 Å². The Morgan fingerprint density at radius 1 is 1.11 bits per heavy atom. The van der Waals surface area contributed by atoms with Crippen LogP contribution in [0.1, 0.15) is 41.7 Å². The van der Waals surface area contributed by atoms with Crippen LogP contribution >= 0.6 is 23.1 Å². The van der Waals surface area contributed by atoms with Gasteiger partial charge in [-0.2, -0.15) is 0 Å². The molecule has 0 saturated carbocycles. The molecule has 1 N–H and O–H groups in total. The molecule has 1 amide bonds. The van der Waals surface area contributed by atoms with Gasteiger partial charge in [-0.1, -0.05) is 24.2 Å². The van der Waals surface area contributed by atoms with E-state index in [2.05, 4.69) is 25.1 Å². The van der Waals surface area contributed by atoms with Crippen molar-refractivity contribution in [2.24, 2.45) is 5.92 Å². The van der Waals surface area contributed by atoms with Crippen molar-refractivity contribution in [3.8, 4) is 0 Å². The van der Waals surface area contributed by atoms with E-state index in [0.717, 1.165) is 71.1 Å². The van der Waals surface area contributed by atoms with Gasteiger partial charge in [-0.25, -0.2) is 9.97 Å². The summed E-state index contributed by atoms with van der Waals surface area (Å²) in [4.78, 5) is 42.5. The molecule has 3 aromatic rings. The second-order valence-corrected chi connectivity index (χ2v) is 12.6. The number of amides is 1. The van der Waals surface area contributed by atoms with Crippen LogP contribution in [0.25, 0.3) is 10.2 Å². The van der Waals surface area contributed by atoms with Crippen molar-refractivity contribution in [1.29, 1.82) is 0 Å². The molecule has 2 atom stereocenters. The minimum absolute atomic E-state index is 0.0661. The quantitative estimate of drug-likeness (QED) is 0.549. The molecule has 186 valence electrons. The summed E-state index contributed by atoms with van der Waals surface area (Å²) in [6.45, 7) is 3.99. The summed E-state index contributed by atoms with van der Waals surface area (Å²) >= 11 is 3.03. The number of aromatic nitrogens is 2. The molecule has 0 bridgehead atoms. The maximum Gasteiger partial charge on any atom is 0.226 e. The lowest BCUT2D eigenvalue weighted by atomic mass is 9.86. The minimum Gasteiger partial charge on any atom is -0.340 e. The van der Waals surface area contributed by atoms with Gasteiger partial charge in [0.25, 0.3) is 0 Å². The minimum atomic E-state index is 0.0661. The number of thiophene rings is 1. The van der Waals surface area contributed by atoms with Gasteiger partial charge in [0.2, 0.25) is 5.91 Å². The van der Waals surface area contributed by atoms with E-state index in [-0.39, 0.29) is 11.0 Å². The molecule has 7 nitrogen and oxygen atoms in total. The molecule has 2 unspecified atom stereocenters.